The number of nitrogens with zero attached hydrogens (tertiary/aromatic N) is 1. The third-order valence-electron chi connectivity index (χ3n) is 5.99. The van der Waals surface area contributed by atoms with Crippen molar-refractivity contribution in [1.82, 2.24) is 5.32 Å². The fourth-order valence-corrected chi connectivity index (χ4v) is 5.36. The molecule has 4 bridgehead atoms. The minimum absolute atomic E-state index is 0.0118. The van der Waals surface area contributed by atoms with Gasteiger partial charge in [0.25, 0.3) is 5.69 Å². The van der Waals surface area contributed by atoms with E-state index in [4.69, 9.17) is 0 Å². The minimum Gasteiger partial charge on any atom is -0.309 e. The summed E-state index contributed by atoms with van der Waals surface area (Å²) in [6.07, 6.45) is 6.62. The molecule has 1 aromatic carbocycles. The van der Waals surface area contributed by atoms with Crippen LogP contribution in [0.3, 0.4) is 0 Å². The molecule has 4 aliphatic rings. The van der Waals surface area contributed by atoms with Crippen LogP contribution in [0.1, 0.15) is 37.7 Å². The molecular weight excluding hydrogens is 283 g/mol. The lowest BCUT2D eigenvalue weighted by Gasteiger charge is -2.54. The number of nitrogens with one attached hydrogen (secondary N) is 1. The molecule has 118 valence electrons. The molecule has 22 heavy (non-hydrogen) atoms. The van der Waals surface area contributed by atoms with Crippen LogP contribution in [0.15, 0.2) is 18.2 Å². The van der Waals surface area contributed by atoms with Crippen molar-refractivity contribution < 1.29 is 9.31 Å². The molecule has 0 aromatic heterocycles. The van der Waals surface area contributed by atoms with Gasteiger partial charge in [0.15, 0.2) is 0 Å². The molecule has 4 saturated carbocycles. The van der Waals surface area contributed by atoms with Gasteiger partial charge in [-0.1, -0.05) is 0 Å². The van der Waals surface area contributed by atoms with E-state index in [1.54, 1.807) is 0 Å². The molecule has 0 atom stereocenters. The van der Waals surface area contributed by atoms with Gasteiger partial charge in [-0.3, -0.25) is 10.1 Å². The van der Waals surface area contributed by atoms with Gasteiger partial charge in [-0.25, -0.2) is 4.39 Å². The number of rotatable bonds is 4. The Kier molecular flexibility index (Phi) is 3.40. The average Bonchev–Trinajstić information content (AvgIpc) is 2.45. The standard InChI is InChI=1S/C17H21FN2O2/c18-15-1-2-16(20(21)22)14(8-15)9-19-17-12-4-10-3-11(6-12)7-13(17)5-10/h1-2,8,10-13,17,19H,3-7,9H2. The molecule has 4 aliphatic carbocycles. The molecule has 5 heteroatoms. The van der Waals surface area contributed by atoms with Crippen molar-refractivity contribution in [2.45, 2.75) is 44.7 Å². The van der Waals surface area contributed by atoms with Crippen LogP contribution >= 0.6 is 0 Å². The van der Waals surface area contributed by atoms with Gasteiger partial charge in [0.1, 0.15) is 5.82 Å². The van der Waals surface area contributed by atoms with Crippen LogP contribution in [0.5, 0.6) is 0 Å². The van der Waals surface area contributed by atoms with Crippen LogP contribution in [-0.2, 0) is 6.54 Å². The summed E-state index contributed by atoms with van der Waals surface area (Å²) < 4.78 is 13.4. The Morgan fingerprint density at radius 3 is 2.36 bits per heavy atom. The SMILES string of the molecule is O=[N+]([O-])c1ccc(F)cc1CNC1C2CC3CC(C2)CC1C3. The highest BCUT2D eigenvalue weighted by molar-refractivity contribution is 5.40. The zero-order valence-electron chi connectivity index (χ0n) is 12.5. The van der Waals surface area contributed by atoms with Crippen LogP contribution in [-0.4, -0.2) is 11.0 Å². The number of nitro benzene ring substituents is 1. The van der Waals surface area contributed by atoms with Crippen molar-refractivity contribution >= 4 is 5.69 Å². The lowest BCUT2D eigenvalue weighted by Crippen LogP contribution is -2.54. The third-order valence-corrected chi connectivity index (χ3v) is 5.99. The maximum absolute atomic E-state index is 13.4. The normalized spacial score (nSPS) is 35.8. The van der Waals surface area contributed by atoms with Gasteiger partial charge in [-0.2, -0.15) is 0 Å². The predicted octanol–water partition coefficient (Wildman–Crippen LogP) is 3.65. The van der Waals surface area contributed by atoms with Crippen molar-refractivity contribution in [2.75, 3.05) is 0 Å². The average molecular weight is 304 g/mol. The number of halogens is 1. The zero-order chi connectivity index (χ0) is 15.3. The summed E-state index contributed by atoms with van der Waals surface area (Å²) in [6, 6.07) is 4.17. The number of hydrogen-bond donors (Lipinski definition) is 1. The highest BCUT2D eigenvalue weighted by atomic mass is 19.1. The minimum atomic E-state index is -0.423. The number of hydrogen-bond acceptors (Lipinski definition) is 3. The Morgan fingerprint density at radius 2 is 1.77 bits per heavy atom. The lowest BCUT2D eigenvalue weighted by atomic mass is 9.54. The largest absolute Gasteiger partial charge is 0.309 e. The Balaban J connectivity index is 1.49. The van der Waals surface area contributed by atoms with Crippen molar-refractivity contribution in [3.8, 4) is 0 Å². The van der Waals surface area contributed by atoms with Crippen LogP contribution in [0.2, 0.25) is 0 Å². The fourth-order valence-electron chi connectivity index (χ4n) is 5.36. The highest BCUT2D eigenvalue weighted by Gasteiger charge is 2.47. The van der Waals surface area contributed by atoms with Gasteiger partial charge in [0.2, 0.25) is 0 Å². The smallest absolute Gasteiger partial charge is 0.274 e. The van der Waals surface area contributed by atoms with Crippen LogP contribution in [0, 0.1) is 39.6 Å². The molecule has 0 radical (unpaired) electrons. The zero-order valence-corrected chi connectivity index (χ0v) is 12.5. The van der Waals surface area contributed by atoms with Gasteiger partial charge >= 0.3 is 0 Å². The van der Waals surface area contributed by atoms with Gasteiger partial charge in [0, 0.05) is 24.2 Å². The van der Waals surface area contributed by atoms with E-state index in [1.807, 2.05) is 0 Å². The monoisotopic (exact) mass is 304 g/mol. The molecule has 0 heterocycles. The van der Waals surface area contributed by atoms with E-state index in [0.717, 1.165) is 17.9 Å². The molecule has 1 aromatic rings. The van der Waals surface area contributed by atoms with Crippen molar-refractivity contribution in [1.29, 1.82) is 0 Å². The van der Waals surface area contributed by atoms with Gasteiger partial charge in [-0.15, -0.1) is 0 Å². The first-order chi connectivity index (χ1) is 10.6. The molecule has 0 aliphatic heterocycles. The number of nitro groups is 1. The van der Waals surface area contributed by atoms with Gasteiger partial charge in [-0.05, 0) is 67.9 Å². The molecule has 0 unspecified atom stereocenters. The molecule has 0 spiro atoms. The van der Waals surface area contributed by atoms with Gasteiger partial charge in [0.05, 0.1) is 4.92 Å². The van der Waals surface area contributed by atoms with Crippen LogP contribution in [0.25, 0.3) is 0 Å². The lowest BCUT2D eigenvalue weighted by molar-refractivity contribution is -0.385. The first-order valence-corrected chi connectivity index (χ1v) is 8.26. The van der Waals surface area contributed by atoms with Gasteiger partial charge < -0.3 is 5.32 Å². The van der Waals surface area contributed by atoms with E-state index in [1.165, 1.54) is 44.2 Å². The van der Waals surface area contributed by atoms with Crippen molar-refractivity contribution in [3.63, 3.8) is 0 Å². The molecule has 4 fully saturated rings. The maximum atomic E-state index is 13.4. The van der Waals surface area contributed by atoms with Crippen molar-refractivity contribution in [3.05, 3.63) is 39.7 Å². The van der Waals surface area contributed by atoms with E-state index >= 15 is 0 Å². The summed E-state index contributed by atoms with van der Waals surface area (Å²) >= 11 is 0. The fraction of sp³-hybridized carbons (Fsp3) is 0.647. The molecule has 5 rings (SSSR count). The Morgan fingerprint density at radius 1 is 1.14 bits per heavy atom. The molecule has 4 nitrogen and oxygen atoms in total. The summed E-state index contributed by atoms with van der Waals surface area (Å²) in [5.41, 5.74) is 0.469. The topological polar surface area (TPSA) is 55.2 Å². The number of benzene rings is 1. The van der Waals surface area contributed by atoms with E-state index in [-0.39, 0.29) is 5.69 Å². The summed E-state index contributed by atoms with van der Waals surface area (Å²) in [7, 11) is 0. The second-order valence-electron chi connectivity index (χ2n) is 7.37. The van der Waals surface area contributed by atoms with Crippen LogP contribution < -0.4 is 5.32 Å². The Bertz CT molecular complexity index is 576. The highest BCUT2D eigenvalue weighted by Crippen LogP contribution is 2.53. The predicted molar refractivity (Wildman–Crippen MR) is 80.7 cm³/mol. The second-order valence-corrected chi connectivity index (χ2v) is 7.37. The van der Waals surface area contributed by atoms with E-state index in [9.17, 15) is 14.5 Å². The summed E-state index contributed by atoms with van der Waals surface area (Å²) in [5.74, 6) is 2.83. The van der Waals surface area contributed by atoms with Crippen molar-refractivity contribution in [2.24, 2.45) is 23.7 Å². The maximum Gasteiger partial charge on any atom is 0.274 e. The third kappa shape index (κ3) is 2.41. The summed E-state index contributed by atoms with van der Waals surface area (Å²) in [4.78, 5) is 10.7. The summed E-state index contributed by atoms with van der Waals surface area (Å²) in [5, 5.41) is 14.6. The summed E-state index contributed by atoms with van der Waals surface area (Å²) in [6.45, 7) is 0.390. The second kappa shape index (κ2) is 5.30. The molecule has 0 saturated heterocycles. The molecule has 1 N–H and O–H groups in total. The van der Waals surface area contributed by atoms with Crippen LogP contribution in [0.4, 0.5) is 10.1 Å². The quantitative estimate of drug-likeness (QED) is 0.682. The van der Waals surface area contributed by atoms with E-state index in [0.29, 0.717) is 30.0 Å². The first kappa shape index (κ1) is 14.1. The van der Waals surface area contributed by atoms with E-state index < -0.39 is 10.7 Å². The first-order valence-electron chi connectivity index (χ1n) is 8.26. The Hall–Kier alpha value is -1.49. The molecule has 0 amide bonds. The Labute approximate surface area is 129 Å². The molecular formula is C17H21FN2O2. The van der Waals surface area contributed by atoms with E-state index in [2.05, 4.69) is 5.32 Å².